The highest BCUT2D eigenvalue weighted by Crippen LogP contribution is 2.36. The lowest BCUT2D eigenvalue weighted by molar-refractivity contribution is -0.384. The average Bonchev–Trinajstić information content (AvgIpc) is 2.60. The lowest BCUT2D eigenvalue weighted by Crippen LogP contribution is -2.49. The number of aliphatic hydroxyl groups excluding tert-OH is 1. The van der Waals surface area contributed by atoms with Gasteiger partial charge >= 0.3 is 6.18 Å². The number of benzene rings is 1. The fourth-order valence-electron chi connectivity index (χ4n) is 2.63. The molecule has 1 aromatic rings. The Balaban J connectivity index is 2.07. The van der Waals surface area contributed by atoms with Gasteiger partial charge in [0.15, 0.2) is 0 Å². The second kappa shape index (κ2) is 8.58. The number of aliphatic hydroxyl groups is 1. The number of anilines is 1. The minimum atomic E-state index is -4.65. The number of halogens is 3. The zero-order valence-corrected chi connectivity index (χ0v) is 14.6. The SMILES string of the molecule is O=C(CSCCO)N1CCN(c2ccc(C(F)(F)F)cc2[N+](=O)[O-])CC1. The molecule has 1 saturated heterocycles. The highest BCUT2D eigenvalue weighted by Gasteiger charge is 2.34. The Morgan fingerprint density at radius 1 is 1.27 bits per heavy atom. The predicted molar refractivity (Wildman–Crippen MR) is 91.3 cm³/mol. The molecule has 7 nitrogen and oxygen atoms in total. The van der Waals surface area contributed by atoms with Crippen molar-refractivity contribution in [2.75, 3.05) is 49.2 Å². The van der Waals surface area contributed by atoms with E-state index in [9.17, 15) is 28.1 Å². The highest BCUT2D eigenvalue weighted by molar-refractivity contribution is 7.99. The van der Waals surface area contributed by atoms with Crippen molar-refractivity contribution in [2.24, 2.45) is 0 Å². The number of carbonyl (C=O) groups is 1. The van der Waals surface area contributed by atoms with Gasteiger partial charge in [0.25, 0.3) is 5.69 Å². The van der Waals surface area contributed by atoms with Gasteiger partial charge in [-0.1, -0.05) is 0 Å². The standard InChI is InChI=1S/C15H18F3N3O4S/c16-15(17,18)11-1-2-12(13(9-11)21(24)25)19-3-5-20(6-4-19)14(23)10-26-8-7-22/h1-2,9,22H,3-8,10H2. The van der Waals surface area contributed by atoms with Crippen LogP contribution in [0.25, 0.3) is 0 Å². The number of alkyl halides is 3. The summed E-state index contributed by atoms with van der Waals surface area (Å²) in [5.41, 5.74) is -1.55. The molecule has 0 spiro atoms. The summed E-state index contributed by atoms with van der Waals surface area (Å²) in [5.74, 6) is 0.606. The van der Waals surface area contributed by atoms with Crippen LogP contribution in [0.15, 0.2) is 18.2 Å². The molecule has 0 aliphatic carbocycles. The van der Waals surface area contributed by atoms with Gasteiger partial charge in [0.2, 0.25) is 5.91 Å². The quantitative estimate of drug-likeness (QED) is 0.452. The smallest absolute Gasteiger partial charge is 0.396 e. The lowest BCUT2D eigenvalue weighted by Gasteiger charge is -2.35. The van der Waals surface area contributed by atoms with Crippen molar-refractivity contribution in [1.29, 1.82) is 0 Å². The maximum absolute atomic E-state index is 12.8. The van der Waals surface area contributed by atoms with E-state index in [1.807, 2.05) is 0 Å². The van der Waals surface area contributed by atoms with Crippen molar-refractivity contribution < 1.29 is 28.0 Å². The second-order valence-electron chi connectivity index (χ2n) is 5.60. The summed E-state index contributed by atoms with van der Waals surface area (Å²) < 4.78 is 38.3. The van der Waals surface area contributed by atoms with Crippen LogP contribution in [0.4, 0.5) is 24.5 Å². The van der Waals surface area contributed by atoms with Crippen LogP contribution in [0.1, 0.15) is 5.56 Å². The Labute approximate surface area is 151 Å². The van der Waals surface area contributed by atoms with Crippen LogP contribution in [-0.4, -0.2) is 65.1 Å². The highest BCUT2D eigenvalue weighted by atomic mass is 32.2. The largest absolute Gasteiger partial charge is 0.416 e. The van der Waals surface area contributed by atoms with Gasteiger partial charge in [-0.05, 0) is 12.1 Å². The molecule has 144 valence electrons. The molecule has 1 fully saturated rings. The van der Waals surface area contributed by atoms with Gasteiger partial charge in [-0.15, -0.1) is 11.8 Å². The van der Waals surface area contributed by atoms with Crippen molar-refractivity contribution in [2.45, 2.75) is 6.18 Å². The molecule has 0 atom stereocenters. The van der Waals surface area contributed by atoms with E-state index in [0.717, 1.165) is 12.1 Å². The molecule has 0 saturated carbocycles. The normalized spacial score (nSPS) is 15.2. The number of hydrogen-bond donors (Lipinski definition) is 1. The average molecular weight is 393 g/mol. The Bertz CT molecular complexity index is 664. The molecular weight excluding hydrogens is 375 g/mol. The van der Waals surface area contributed by atoms with E-state index in [-0.39, 0.29) is 24.0 Å². The molecule has 2 rings (SSSR count). The Morgan fingerprint density at radius 3 is 2.46 bits per heavy atom. The molecule has 0 radical (unpaired) electrons. The van der Waals surface area contributed by atoms with Gasteiger partial charge in [-0.25, -0.2) is 0 Å². The topological polar surface area (TPSA) is 86.9 Å². The molecule has 11 heteroatoms. The lowest BCUT2D eigenvalue weighted by atomic mass is 10.1. The molecule has 0 aromatic heterocycles. The third kappa shape index (κ3) is 5.01. The Hall–Kier alpha value is -2.01. The predicted octanol–water partition coefficient (Wildman–Crippen LogP) is 1.99. The summed E-state index contributed by atoms with van der Waals surface area (Å²) in [6.07, 6.45) is -4.65. The maximum atomic E-state index is 12.8. The number of carbonyl (C=O) groups excluding carboxylic acids is 1. The van der Waals surface area contributed by atoms with E-state index in [0.29, 0.717) is 38.0 Å². The minimum Gasteiger partial charge on any atom is -0.396 e. The molecule has 1 amide bonds. The number of nitro benzene ring substituents is 1. The first-order valence-corrected chi connectivity index (χ1v) is 8.96. The fraction of sp³-hybridized carbons (Fsp3) is 0.533. The third-order valence-corrected chi connectivity index (χ3v) is 4.86. The van der Waals surface area contributed by atoms with Crippen molar-refractivity contribution in [1.82, 2.24) is 4.90 Å². The molecule has 1 aromatic carbocycles. The second-order valence-corrected chi connectivity index (χ2v) is 6.71. The van der Waals surface area contributed by atoms with Crippen molar-refractivity contribution in [3.05, 3.63) is 33.9 Å². The van der Waals surface area contributed by atoms with E-state index < -0.39 is 22.4 Å². The number of nitrogens with zero attached hydrogens (tertiary/aromatic N) is 3. The first-order chi connectivity index (χ1) is 12.2. The summed E-state index contributed by atoms with van der Waals surface area (Å²) >= 11 is 1.31. The summed E-state index contributed by atoms with van der Waals surface area (Å²) in [5, 5.41) is 19.9. The number of hydrogen-bond acceptors (Lipinski definition) is 6. The van der Waals surface area contributed by atoms with Crippen LogP contribution in [0.3, 0.4) is 0 Å². The number of thioether (sulfide) groups is 1. The fourth-order valence-corrected chi connectivity index (χ4v) is 3.26. The van der Waals surface area contributed by atoms with Gasteiger partial charge in [-0.3, -0.25) is 14.9 Å². The van der Waals surface area contributed by atoms with E-state index >= 15 is 0 Å². The van der Waals surface area contributed by atoms with Crippen molar-refractivity contribution >= 4 is 29.0 Å². The van der Waals surface area contributed by atoms with Gasteiger partial charge in [0.1, 0.15) is 5.69 Å². The summed E-state index contributed by atoms with van der Waals surface area (Å²) in [6, 6.07) is 2.47. The van der Waals surface area contributed by atoms with Crippen LogP contribution in [0, 0.1) is 10.1 Å². The zero-order chi connectivity index (χ0) is 19.3. The Morgan fingerprint density at radius 2 is 1.92 bits per heavy atom. The molecule has 26 heavy (non-hydrogen) atoms. The van der Waals surface area contributed by atoms with Crippen LogP contribution < -0.4 is 4.90 Å². The molecule has 0 bridgehead atoms. The minimum absolute atomic E-state index is 0.0106. The van der Waals surface area contributed by atoms with Gasteiger partial charge in [-0.2, -0.15) is 13.2 Å². The number of rotatable bonds is 6. The van der Waals surface area contributed by atoms with E-state index in [4.69, 9.17) is 5.11 Å². The molecule has 1 heterocycles. The summed E-state index contributed by atoms with van der Waals surface area (Å²) in [4.78, 5) is 25.6. The Kier molecular flexibility index (Phi) is 6.70. The molecule has 1 aliphatic rings. The first-order valence-electron chi connectivity index (χ1n) is 7.81. The number of piperazine rings is 1. The number of nitro groups is 1. The monoisotopic (exact) mass is 393 g/mol. The summed E-state index contributed by atoms with van der Waals surface area (Å²) in [7, 11) is 0. The van der Waals surface area contributed by atoms with E-state index in [2.05, 4.69) is 0 Å². The first kappa shape index (κ1) is 20.3. The van der Waals surface area contributed by atoms with Gasteiger partial charge < -0.3 is 14.9 Å². The van der Waals surface area contributed by atoms with Crippen LogP contribution in [-0.2, 0) is 11.0 Å². The van der Waals surface area contributed by atoms with Crippen molar-refractivity contribution in [3.63, 3.8) is 0 Å². The van der Waals surface area contributed by atoms with E-state index in [1.54, 1.807) is 9.80 Å². The summed E-state index contributed by atoms with van der Waals surface area (Å²) in [6.45, 7) is 1.24. The zero-order valence-electron chi connectivity index (χ0n) is 13.7. The van der Waals surface area contributed by atoms with E-state index in [1.165, 1.54) is 11.8 Å². The third-order valence-electron chi connectivity index (χ3n) is 3.93. The maximum Gasteiger partial charge on any atom is 0.416 e. The molecule has 1 aliphatic heterocycles. The van der Waals surface area contributed by atoms with Crippen LogP contribution in [0.2, 0.25) is 0 Å². The molecule has 0 unspecified atom stereocenters. The van der Waals surface area contributed by atoms with Gasteiger partial charge in [0.05, 0.1) is 22.8 Å². The number of amides is 1. The molecular formula is C15H18F3N3O4S. The van der Waals surface area contributed by atoms with Crippen LogP contribution >= 0.6 is 11.8 Å². The van der Waals surface area contributed by atoms with Gasteiger partial charge in [0, 0.05) is 38.0 Å². The molecule has 1 N–H and O–H groups in total. The van der Waals surface area contributed by atoms with Crippen LogP contribution in [0.5, 0.6) is 0 Å². The van der Waals surface area contributed by atoms with Crippen molar-refractivity contribution in [3.8, 4) is 0 Å².